The molecular formula is C15H15N3O4. The lowest BCUT2D eigenvalue weighted by atomic mass is 9.93. The molecule has 2 aliphatic heterocycles. The van der Waals surface area contributed by atoms with Gasteiger partial charge in [0.05, 0.1) is 18.2 Å². The third-order valence-corrected chi connectivity index (χ3v) is 3.70. The zero-order valence-electron chi connectivity index (χ0n) is 11.8. The highest BCUT2D eigenvalue weighted by atomic mass is 16.6. The number of piperidine rings is 1. The minimum absolute atomic E-state index is 0.150. The molecule has 1 aromatic carbocycles. The van der Waals surface area contributed by atoms with Crippen LogP contribution in [0.15, 0.2) is 35.3 Å². The fourth-order valence-corrected chi connectivity index (χ4v) is 2.55. The highest BCUT2D eigenvalue weighted by Crippen LogP contribution is 2.19. The fraction of sp³-hybridized carbons (Fsp3) is 0.333. The SMILES string of the molecule is O=C1N=C2CN(C(=O)OCc3ccccc3)CCC2C(=O)N1. The molecular weight excluding hydrogens is 286 g/mol. The van der Waals surface area contributed by atoms with E-state index in [-0.39, 0.29) is 19.1 Å². The lowest BCUT2D eigenvalue weighted by molar-refractivity contribution is -0.122. The zero-order chi connectivity index (χ0) is 15.5. The van der Waals surface area contributed by atoms with E-state index in [1.165, 1.54) is 4.90 Å². The Morgan fingerprint density at radius 1 is 1.32 bits per heavy atom. The number of ether oxygens (including phenoxy) is 1. The lowest BCUT2D eigenvalue weighted by Gasteiger charge is -2.33. The molecule has 0 bridgehead atoms. The van der Waals surface area contributed by atoms with Crippen molar-refractivity contribution in [3.05, 3.63) is 35.9 Å². The van der Waals surface area contributed by atoms with Crippen LogP contribution in [-0.2, 0) is 16.1 Å². The molecule has 7 heteroatoms. The second kappa shape index (κ2) is 5.97. The number of urea groups is 1. The second-order valence-corrected chi connectivity index (χ2v) is 5.20. The third kappa shape index (κ3) is 2.98. The smallest absolute Gasteiger partial charge is 0.410 e. The van der Waals surface area contributed by atoms with E-state index >= 15 is 0 Å². The number of hydrogen-bond donors (Lipinski definition) is 1. The van der Waals surface area contributed by atoms with Gasteiger partial charge in [-0.25, -0.2) is 9.59 Å². The first kappa shape index (κ1) is 14.2. The summed E-state index contributed by atoms with van der Waals surface area (Å²) in [6, 6.07) is 8.70. The first-order chi connectivity index (χ1) is 10.6. The normalized spacial score (nSPS) is 20.8. The Labute approximate surface area is 127 Å². The largest absolute Gasteiger partial charge is 0.445 e. The van der Waals surface area contributed by atoms with Crippen LogP contribution in [-0.4, -0.2) is 41.7 Å². The molecule has 0 saturated carbocycles. The molecule has 2 heterocycles. The molecule has 0 aromatic heterocycles. The maximum atomic E-state index is 12.1. The van der Waals surface area contributed by atoms with E-state index in [0.29, 0.717) is 18.7 Å². The number of fused-ring (bicyclic) bond motifs is 1. The average molecular weight is 301 g/mol. The highest BCUT2D eigenvalue weighted by molar-refractivity contribution is 6.17. The van der Waals surface area contributed by atoms with Crippen LogP contribution in [0.3, 0.4) is 0 Å². The van der Waals surface area contributed by atoms with Gasteiger partial charge in [0.1, 0.15) is 6.61 Å². The molecule has 1 saturated heterocycles. The quantitative estimate of drug-likeness (QED) is 0.892. The molecule has 0 radical (unpaired) electrons. The first-order valence-electron chi connectivity index (χ1n) is 7.01. The number of benzene rings is 1. The molecule has 3 rings (SSSR count). The molecule has 114 valence electrons. The third-order valence-electron chi connectivity index (χ3n) is 3.70. The van der Waals surface area contributed by atoms with Crippen LogP contribution in [0, 0.1) is 5.92 Å². The fourth-order valence-electron chi connectivity index (χ4n) is 2.55. The van der Waals surface area contributed by atoms with E-state index < -0.39 is 18.0 Å². The number of rotatable bonds is 2. The van der Waals surface area contributed by atoms with Crippen LogP contribution < -0.4 is 5.32 Å². The summed E-state index contributed by atoms with van der Waals surface area (Å²) in [5.41, 5.74) is 1.33. The van der Waals surface area contributed by atoms with Gasteiger partial charge in [0.15, 0.2) is 0 Å². The molecule has 22 heavy (non-hydrogen) atoms. The summed E-state index contributed by atoms with van der Waals surface area (Å²) in [5.74, 6) is -0.761. The number of nitrogens with zero attached hydrogens (tertiary/aromatic N) is 2. The van der Waals surface area contributed by atoms with Gasteiger partial charge in [-0.2, -0.15) is 4.99 Å². The van der Waals surface area contributed by atoms with Gasteiger partial charge in [-0.1, -0.05) is 30.3 Å². The van der Waals surface area contributed by atoms with E-state index in [2.05, 4.69) is 10.3 Å². The summed E-state index contributed by atoms with van der Waals surface area (Å²) in [5, 5.41) is 2.17. The van der Waals surface area contributed by atoms with Crippen molar-refractivity contribution in [2.75, 3.05) is 13.1 Å². The Hall–Kier alpha value is -2.70. The predicted octanol–water partition coefficient (Wildman–Crippen LogP) is 1.34. The van der Waals surface area contributed by atoms with Gasteiger partial charge < -0.3 is 9.64 Å². The topological polar surface area (TPSA) is 88.1 Å². The van der Waals surface area contributed by atoms with E-state index in [0.717, 1.165) is 5.56 Å². The van der Waals surface area contributed by atoms with Gasteiger partial charge in [0, 0.05) is 6.54 Å². The number of carbonyl (C=O) groups excluding carboxylic acids is 3. The van der Waals surface area contributed by atoms with E-state index in [1.54, 1.807) is 0 Å². The lowest BCUT2D eigenvalue weighted by Crippen LogP contribution is -2.52. The van der Waals surface area contributed by atoms with E-state index in [4.69, 9.17) is 4.74 Å². The molecule has 1 atom stereocenters. The number of hydrogen-bond acceptors (Lipinski definition) is 4. The van der Waals surface area contributed by atoms with Crippen molar-refractivity contribution >= 4 is 23.7 Å². The number of carbonyl (C=O) groups is 3. The number of imide groups is 1. The van der Waals surface area contributed by atoms with Crippen LogP contribution in [0.5, 0.6) is 0 Å². The van der Waals surface area contributed by atoms with Crippen molar-refractivity contribution in [1.29, 1.82) is 0 Å². The number of aliphatic imine (C=N–C) groups is 1. The number of amides is 4. The standard InChI is InChI=1S/C15H15N3O4/c19-13-11-6-7-18(8-12(11)16-14(20)17-13)15(21)22-9-10-4-2-1-3-5-10/h1-5,11H,6-9H2,(H,17,19,20). The summed E-state index contributed by atoms with van der Waals surface area (Å²) >= 11 is 0. The summed E-state index contributed by atoms with van der Waals surface area (Å²) in [6.45, 7) is 0.738. The molecule has 4 amide bonds. The monoisotopic (exact) mass is 301 g/mol. The summed E-state index contributed by atoms with van der Waals surface area (Å²) in [7, 11) is 0. The van der Waals surface area contributed by atoms with Crippen LogP contribution in [0.25, 0.3) is 0 Å². The maximum Gasteiger partial charge on any atom is 0.410 e. The van der Waals surface area contributed by atoms with Crippen LogP contribution in [0.2, 0.25) is 0 Å². The molecule has 7 nitrogen and oxygen atoms in total. The van der Waals surface area contributed by atoms with Crippen LogP contribution in [0.4, 0.5) is 9.59 Å². The van der Waals surface area contributed by atoms with Gasteiger partial charge >= 0.3 is 12.1 Å². The minimum atomic E-state index is -0.671. The molecule has 1 unspecified atom stereocenters. The predicted molar refractivity (Wildman–Crippen MR) is 77.3 cm³/mol. The second-order valence-electron chi connectivity index (χ2n) is 5.20. The molecule has 2 aliphatic rings. The van der Waals surface area contributed by atoms with Gasteiger partial charge in [-0.3, -0.25) is 10.1 Å². The minimum Gasteiger partial charge on any atom is -0.445 e. The molecule has 1 fully saturated rings. The molecule has 1 aromatic rings. The Balaban J connectivity index is 1.60. The van der Waals surface area contributed by atoms with Crippen molar-refractivity contribution in [2.24, 2.45) is 10.9 Å². The van der Waals surface area contributed by atoms with E-state index in [9.17, 15) is 14.4 Å². The maximum absolute atomic E-state index is 12.1. The first-order valence-corrected chi connectivity index (χ1v) is 7.01. The van der Waals surface area contributed by atoms with Gasteiger partial charge in [-0.15, -0.1) is 0 Å². The Morgan fingerprint density at radius 2 is 2.09 bits per heavy atom. The van der Waals surface area contributed by atoms with Gasteiger partial charge in [-0.05, 0) is 12.0 Å². The van der Waals surface area contributed by atoms with Crippen LogP contribution >= 0.6 is 0 Å². The van der Waals surface area contributed by atoms with E-state index in [1.807, 2.05) is 30.3 Å². The Morgan fingerprint density at radius 3 is 2.86 bits per heavy atom. The highest BCUT2D eigenvalue weighted by Gasteiger charge is 2.37. The van der Waals surface area contributed by atoms with Crippen molar-refractivity contribution in [3.63, 3.8) is 0 Å². The summed E-state index contributed by atoms with van der Waals surface area (Å²) in [6.07, 6.45) is -0.0262. The number of likely N-dealkylation sites (tertiary alicyclic amines) is 1. The summed E-state index contributed by atoms with van der Waals surface area (Å²) in [4.78, 5) is 40.3. The molecule has 0 spiro atoms. The average Bonchev–Trinajstić information content (AvgIpc) is 2.53. The van der Waals surface area contributed by atoms with Crippen LogP contribution in [0.1, 0.15) is 12.0 Å². The Kier molecular flexibility index (Phi) is 3.86. The van der Waals surface area contributed by atoms with Crippen molar-refractivity contribution in [2.45, 2.75) is 13.0 Å². The van der Waals surface area contributed by atoms with Gasteiger partial charge in [0.25, 0.3) is 0 Å². The van der Waals surface area contributed by atoms with Crippen molar-refractivity contribution in [3.8, 4) is 0 Å². The molecule has 0 aliphatic carbocycles. The number of nitrogens with one attached hydrogen (secondary N) is 1. The zero-order valence-corrected chi connectivity index (χ0v) is 11.8. The van der Waals surface area contributed by atoms with Crippen molar-refractivity contribution in [1.82, 2.24) is 10.2 Å². The van der Waals surface area contributed by atoms with Crippen molar-refractivity contribution < 1.29 is 19.1 Å². The molecule has 1 N–H and O–H groups in total. The van der Waals surface area contributed by atoms with Gasteiger partial charge in [0.2, 0.25) is 5.91 Å². The Bertz CT molecular complexity index is 641. The summed E-state index contributed by atoms with van der Waals surface area (Å²) < 4.78 is 5.25.